The van der Waals surface area contributed by atoms with Gasteiger partial charge in [0.2, 0.25) is 0 Å². The third-order valence-corrected chi connectivity index (χ3v) is 5.55. The molecule has 5 nitrogen and oxygen atoms in total. The van der Waals surface area contributed by atoms with Gasteiger partial charge in [0, 0.05) is 18.7 Å². The first-order chi connectivity index (χ1) is 11.6. The molecule has 2 heterocycles. The van der Waals surface area contributed by atoms with E-state index in [0.29, 0.717) is 29.6 Å². The van der Waals surface area contributed by atoms with Gasteiger partial charge in [0.25, 0.3) is 5.56 Å². The monoisotopic (exact) mass is 326 g/mol. The highest BCUT2D eigenvalue weighted by molar-refractivity contribution is 5.69. The number of hydrogen-bond acceptors (Lipinski definition) is 4. The summed E-state index contributed by atoms with van der Waals surface area (Å²) in [4.78, 5) is 28.7. The smallest absolute Gasteiger partial charge is 0.306 e. The van der Waals surface area contributed by atoms with Crippen LogP contribution in [0, 0.1) is 24.7 Å². The molecule has 126 valence electrons. The minimum atomic E-state index is -0.168. The summed E-state index contributed by atoms with van der Waals surface area (Å²) in [5, 5.41) is 0. The van der Waals surface area contributed by atoms with Crippen LogP contribution < -0.4 is 5.56 Å². The lowest BCUT2D eigenvalue weighted by atomic mass is 9.86. The van der Waals surface area contributed by atoms with Gasteiger partial charge >= 0.3 is 5.97 Å². The number of aryl methyl sites for hydroxylation is 1. The average molecular weight is 326 g/mol. The summed E-state index contributed by atoms with van der Waals surface area (Å²) in [6, 6.07) is 5.15. The Kier molecular flexibility index (Phi) is 3.87. The Morgan fingerprint density at radius 1 is 1.33 bits per heavy atom. The van der Waals surface area contributed by atoms with Crippen molar-refractivity contribution in [1.82, 2.24) is 9.38 Å². The fourth-order valence-corrected chi connectivity index (χ4v) is 4.39. The molecule has 2 aliphatic carbocycles. The van der Waals surface area contributed by atoms with Crippen molar-refractivity contribution >= 4 is 11.6 Å². The number of fused-ring (bicyclic) bond motifs is 3. The molecule has 0 radical (unpaired) electrons. The van der Waals surface area contributed by atoms with Crippen LogP contribution in [0.3, 0.4) is 0 Å². The number of rotatable bonds is 4. The van der Waals surface area contributed by atoms with Gasteiger partial charge in [0.05, 0.1) is 5.69 Å². The highest BCUT2D eigenvalue weighted by atomic mass is 16.5. The Hall–Kier alpha value is -2.17. The molecule has 3 atom stereocenters. The molecule has 4 rings (SSSR count). The second-order valence-electron chi connectivity index (χ2n) is 7.32. The molecular weight excluding hydrogens is 304 g/mol. The maximum absolute atomic E-state index is 12.1. The standard InChI is InChI=1S/C19H22N2O3/c1-12-2-5-17-20-16(9-18(22)21(17)10-12)11-24-19(23)8-15-7-13-3-4-14(15)6-13/h2,5,9-10,13-15H,3-4,6-8,11H2,1H3/t13-,14-,15-/m1/s1. The van der Waals surface area contributed by atoms with E-state index in [1.807, 2.05) is 13.0 Å². The van der Waals surface area contributed by atoms with Gasteiger partial charge < -0.3 is 4.74 Å². The summed E-state index contributed by atoms with van der Waals surface area (Å²) in [6.07, 6.45) is 7.34. The van der Waals surface area contributed by atoms with E-state index in [0.717, 1.165) is 11.5 Å². The summed E-state index contributed by atoms with van der Waals surface area (Å²) in [5.41, 5.74) is 1.93. The Balaban J connectivity index is 1.40. The molecule has 2 bridgehead atoms. The van der Waals surface area contributed by atoms with Gasteiger partial charge in [-0.3, -0.25) is 14.0 Å². The predicted molar refractivity (Wildman–Crippen MR) is 89.6 cm³/mol. The van der Waals surface area contributed by atoms with E-state index in [9.17, 15) is 9.59 Å². The number of pyridine rings is 1. The third kappa shape index (κ3) is 2.95. The zero-order valence-corrected chi connectivity index (χ0v) is 13.9. The summed E-state index contributed by atoms with van der Waals surface area (Å²) in [5.74, 6) is 1.88. The molecule has 0 aromatic carbocycles. The van der Waals surface area contributed by atoms with Crippen molar-refractivity contribution < 1.29 is 9.53 Å². The zero-order chi connectivity index (χ0) is 16.7. The molecule has 2 saturated carbocycles. The Morgan fingerprint density at radius 3 is 2.96 bits per heavy atom. The minimum absolute atomic E-state index is 0.0687. The lowest BCUT2D eigenvalue weighted by molar-refractivity contribution is -0.146. The maximum atomic E-state index is 12.1. The fraction of sp³-hybridized carbons (Fsp3) is 0.526. The number of esters is 1. The van der Waals surface area contributed by atoms with Crippen molar-refractivity contribution in [1.29, 1.82) is 0 Å². The number of hydrogen-bond donors (Lipinski definition) is 0. The van der Waals surface area contributed by atoms with Gasteiger partial charge in [-0.15, -0.1) is 0 Å². The number of carbonyl (C=O) groups excluding carboxylic acids is 1. The van der Waals surface area contributed by atoms with E-state index in [1.165, 1.54) is 36.2 Å². The molecular formula is C19H22N2O3. The maximum Gasteiger partial charge on any atom is 0.306 e. The van der Waals surface area contributed by atoms with Crippen molar-refractivity contribution in [3.63, 3.8) is 0 Å². The molecule has 0 unspecified atom stereocenters. The first-order valence-corrected chi connectivity index (χ1v) is 8.73. The van der Waals surface area contributed by atoms with Crippen molar-refractivity contribution in [2.24, 2.45) is 17.8 Å². The Labute approximate surface area is 140 Å². The molecule has 0 N–H and O–H groups in total. The van der Waals surface area contributed by atoms with Crippen LogP contribution in [-0.2, 0) is 16.1 Å². The molecule has 5 heteroatoms. The Bertz CT molecular complexity index is 842. The van der Waals surface area contributed by atoms with Gasteiger partial charge in [0.15, 0.2) is 0 Å². The number of carbonyl (C=O) groups is 1. The van der Waals surface area contributed by atoms with Crippen LogP contribution in [0.2, 0.25) is 0 Å². The highest BCUT2D eigenvalue weighted by Crippen LogP contribution is 2.49. The molecule has 2 aromatic rings. The Morgan fingerprint density at radius 2 is 2.21 bits per heavy atom. The third-order valence-electron chi connectivity index (χ3n) is 5.55. The topological polar surface area (TPSA) is 60.7 Å². The minimum Gasteiger partial charge on any atom is -0.459 e. The molecule has 0 amide bonds. The van der Waals surface area contributed by atoms with Crippen LogP contribution in [0.15, 0.2) is 29.2 Å². The molecule has 2 aromatic heterocycles. The lowest BCUT2D eigenvalue weighted by Gasteiger charge is -2.20. The van der Waals surface area contributed by atoms with Crippen molar-refractivity contribution in [2.75, 3.05) is 0 Å². The average Bonchev–Trinajstić information content (AvgIpc) is 3.16. The van der Waals surface area contributed by atoms with Crippen LogP contribution in [0.4, 0.5) is 0 Å². The summed E-state index contributed by atoms with van der Waals surface area (Å²) in [7, 11) is 0. The van der Waals surface area contributed by atoms with E-state index in [2.05, 4.69) is 4.98 Å². The lowest BCUT2D eigenvalue weighted by Crippen LogP contribution is -2.19. The van der Waals surface area contributed by atoms with Gasteiger partial charge in [-0.2, -0.15) is 0 Å². The fourth-order valence-electron chi connectivity index (χ4n) is 4.39. The van der Waals surface area contributed by atoms with E-state index in [4.69, 9.17) is 4.74 Å². The van der Waals surface area contributed by atoms with E-state index < -0.39 is 0 Å². The van der Waals surface area contributed by atoms with Crippen LogP contribution in [0.5, 0.6) is 0 Å². The van der Waals surface area contributed by atoms with Crippen molar-refractivity contribution in [3.8, 4) is 0 Å². The van der Waals surface area contributed by atoms with Gasteiger partial charge in [-0.05, 0) is 55.6 Å². The van der Waals surface area contributed by atoms with Crippen LogP contribution in [0.25, 0.3) is 5.65 Å². The van der Waals surface area contributed by atoms with Gasteiger partial charge in [0.1, 0.15) is 12.3 Å². The second kappa shape index (κ2) is 6.04. The van der Waals surface area contributed by atoms with Gasteiger partial charge in [-0.1, -0.05) is 12.5 Å². The number of aromatic nitrogens is 2. The predicted octanol–water partition coefficient (Wildman–Crippen LogP) is 2.87. The summed E-state index contributed by atoms with van der Waals surface area (Å²) >= 11 is 0. The van der Waals surface area contributed by atoms with E-state index in [1.54, 1.807) is 12.3 Å². The van der Waals surface area contributed by atoms with Crippen molar-refractivity contribution in [3.05, 3.63) is 46.0 Å². The molecule has 0 aliphatic heterocycles. The van der Waals surface area contributed by atoms with E-state index in [-0.39, 0.29) is 18.1 Å². The summed E-state index contributed by atoms with van der Waals surface area (Å²) < 4.78 is 6.89. The largest absolute Gasteiger partial charge is 0.459 e. The SMILES string of the molecule is Cc1ccc2nc(COC(=O)C[C@H]3C[C@@H]4CC[C@@H]3C4)cc(=O)n2c1. The first-order valence-electron chi connectivity index (χ1n) is 8.73. The zero-order valence-electron chi connectivity index (χ0n) is 13.9. The van der Waals surface area contributed by atoms with Gasteiger partial charge in [-0.25, -0.2) is 4.98 Å². The molecule has 0 spiro atoms. The first kappa shape index (κ1) is 15.4. The van der Waals surface area contributed by atoms with Crippen molar-refractivity contribution in [2.45, 2.75) is 45.6 Å². The van der Waals surface area contributed by atoms with Crippen LogP contribution >= 0.6 is 0 Å². The molecule has 2 fully saturated rings. The summed E-state index contributed by atoms with van der Waals surface area (Å²) in [6.45, 7) is 2.00. The molecule has 0 saturated heterocycles. The number of nitrogens with zero attached hydrogens (tertiary/aromatic N) is 2. The molecule has 24 heavy (non-hydrogen) atoms. The quantitative estimate of drug-likeness (QED) is 0.811. The molecule has 2 aliphatic rings. The normalized spacial score (nSPS) is 25.3. The van der Waals surface area contributed by atoms with E-state index >= 15 is 0 Å². The second-order valence-corrected chi connectivity index (χ2v) is 7.32. The highest BCUT2D eigenvalue weighted by Gasteiger charge is 2.40. The number of ether oxygens (including phenoxy) is 1. The van der Waals surface area contributed by atoms with Crippen LogP contribution in [0.1, 0.15) is 43.4 Å². The van der Waals surface area contributed by atoms with Crippen LogP contribution in [-0.4, -0.2) is 15.4 Å².